The smallest absolute Gasteiger partial charge is 0.335 e. The van der Waals surface area contributed by atoms with Gasteiger partial charge in [0.15, 0.2) is 0 Å². The van der Waals surface area contributed by atoms with E-state index in [9.17, 15) is 4.79 Å². The third-order valence-corrected chi connectivity index (χ3v) is 2.42. The van der Waals surface area contributed by atoms with Gasteiger partial charge in [-0.1, -0.05) is 22.0 Å². The number of benzene rings is 1. The van der Waals surface area contributed by atoms with Crippen LogP contribution in [0.2, 0.25) is 0 Å². The molecule has 1 aromatic rings. The quantitative estimate of drug-likeness (QED) is 0.837. The summed E-state index contributed by atoms with van der Waals surface area (Å²) in [6, 6.07) is 4.72. The molecule has 0 aliphatic carbocycles. The number of nitrogens with two attached hydrogens (primary N) is 1. The number of halogens is 1. The van der Waals surface area contributed by atoms with Gasteiger partial charge in [-0.2, -0.15) is 0 Å². The lowest BCUT2D eigenvalue weighted by Gasteiger charge is -2.08. The van der Waals surface area contributed by atoms with E-state index >= 15 is 0 Å². The zero-order valence-electron chi connectivity index (χ0n) is 7.12. The SMILES string of the molecule is C[C@H](N)c1ccc(C(=O)O)cc1Br. The molecule has 0 spiro atoms. The molecule has 0 saturated heterocycles. The summed E-state index contributed by atoms with van der Waals surface area (Å²) in [5.41, 5.74) is 6.83. The third-order valence-electron chi connectivity index (χ3n) is 1.74. The van der Waals surface area contributed by atoms with Crippen LogP contribution in [0.3, 0.4) is 0 Å². The van der Waals surface area contributed by atoms with E-state index in [-0.39, 0.29) is 11.6 Å². The second kappa shape index (κ2) is 3.89. The largest absolute Gasteiger partial charge is 0.478 e. The van der Waals surface area contributed by atoms with Crippen molar-refractivity contribution in [1.29, 1.82) is 0 Å². The lowest BCUT2D eigenvalue weighted by atomic mass is 10.1. The Bertz CT molecular complexity index is 336. The summed E-state index contributed by atoms with van der Waals surface area (Å²) in [7, 11) is 0. The summed E-state index contributed by atoms with van der Waals surface area (Å²) in [5, 5.41) is 8.69. The minimum absolute atomic E-state index is 0.0998. The standard InChI is InChI=1S/C9H10BrNO2/c1-5(11)7-3-2-6(9(12)13)4-8(7)10/h2-5H,11H2,1H3,(H,12,13)/t5-/m0/s1. The van der Waals surface area contributed by atoms with Gasteiger partial charge in [-0.05, 0) is 24.6 Å². The Morgan fingerprint density at radius 3 is 2.62 bits per heavy atom. The molecule has 0 amide bonds. The molecule has 0 aromatic heterocycles. The van der Waals surface area contributed by atoms with Crippen molar-refractivity contribution in [3.8, 4) is 0 Å². The second-order valence-corrected chi connectivity index (χ2v) is 3.68. The summed E-state index contributed by atoms with van der Waals surface area (Å²) in [6.07, 6.45) is 0. The number of carbonyl (C=O) groups is 1. The Morgan fingerprint density at radius 2 is 2.23 bits per heavy atom. The predicted octanol–water partition coefficient (Wildman–Crippen LogP) is 2.17. The van der Waals surface area contributed by atoms with Gasteiger partial charge in [0.1, 0.15) is 0 Å². The molecule has 1 aromatic carbocycles. The van der Waals surface area contributed by atoms with E-state index in [1.54, 1.807) is 18.2 Å². The lowest BCUT2D eigenvalue weighted by Crippen LogP contribution is -2.06. The zero-order chi connectivity index (χ0) is 10.0. The van der Waals surface area contributed by atoms with Crippen molar-refractivity contribution in [3.63, 3.8) is 0 Å². The maximum Gasteiger partial charge on any atom is 0.335 e. The lowest BCUT2D eigenvalue weighted by molar-refractivity contribution is 0.0697. The fourth-order valence-corrected chi connectivity index (χ4v) is 1.77. The minimum atomic E-state index is -0.933. The Morgan fingerprint density at radius 1 is 1.62 bits per heavy atom. The van der Waals surface area contributed by atoms with Crippen LogP contribution in [0.15, 0.2) is 22.7 Å². The molecule has 1 atom stereocenters. The summed E-state index contributed by atoms with van der Waals surface area (Å²) in [6.45, 7) is 1.85. The average molecular weight is 244 g/mol. The van der Waals surface area contributed by atoms with Crippen molar-refractivity contribution in [2.24, 2.45) is 5.73 Å². The Labute approximate surface area is 84.7 Å². The molecule has 13 heavy (non-hydrogen) atoms. The van der Waals surface area contributed by atoms with Crippen LogP contribution < -0.4 is 5.73 Å². The number of hydrogen-bond donors (Lipinski definition) is 2. The van der Waals surface area contributed by atoms with Gasteiger partial charge in [-0.15, -0.1) is 0 Å². The van der Waals surface area contributed by atoms with Crippen LogP contribution in [0.4, 0.5) is 0 Å². The molecular formula is C9H10BrNO2. The van der Waals surface area contributed by atoms with E-state index in [0.29, 0.717) is 0 Å². The first-order valence-corrected chi connectivity index (χ1v) is 4.60. The van der Waals surface area contributed by atoms with Gasteiger partial charge in [-0.3, -0.25) is 0 Å². The number of carboxylic acid groups (broad SMARTS) is 1. The number of carboxylic acids is 1. The van der Waals surface area contributed by atoms with Crippen LogP contribution in [-0.4, -0.2) is 11.1 Å². The average Bonchev–Trinajstić information content (AvgIpc) is 2.03. The number of aromatic carboxylic acids is 1. The van der Waals surface area contributed by atoms with Crippen molar-refractivity contribution < 1.29 is 9.90 Å². The summed E-state index contributed by atoms with van der Waals surface area (Å²) in [4.78, 5) is 10.6. The molecule has 70 valence electrons. The highest BCUT2D eigenvalue weighted by Gasteiger charge is 2.08. The molecule has 3 N–H and O–H groups in total. The van der Waals surface area contributed by atoms with Gasteiger partial charge in [0.05, 0.1) is 5.56 Å². The van der Waals surface area contributed by atoms with Crippen LogP contribution >= 0.6 is 15.9 Å². The molecule has 1 rings (SSSR count). The van der Waals surface area contributed by atoms with E-state index in [2.05, 4.69) is 15.9 Å². The first kappa shape index (κ1) is 10.2. The zero-order valence-corrected chi connectivity index (χ0v) is 8.71. The van der Waals surface area contributed by atoms with Gasteiger partial charge < -0.3 is 10.8 Å². The fourth-order valence-electron chi connectivity index (χ4n) is 1.03. The van der Waals surface area contributed by atoms with Crippen molar-refractivity contribution in [2.45, 2.75) is 13.0 Å². The second-order valence-electron chi connectivity index (χ2n) is 2.83. The monoisotopic (exact) mass is 243 g/mol. The van der Waals surface area contributed by atoms with E-state index in [4.69, 9.17) is 10.8 Å². The van der Waals surface area contributed by atoms with Crippen LogP contribution in [0.5, 0.6) is 0 Å². The predicted molar refractivity (Wildman–Crippen MR) is 53.7 cm³/mol. The van der Waals surface area contributed by atoms with Gasteiger partial charge in [-0.25, -0.2) is 4.79 Å². The van der Waals surface area contributed by atoms with Crippen molar-refractivity contribution >= 4 is 21.9 Å². The minimum Gasteiger partial charge on any atom is -0.478 e. The third kappa shape index (κ3) is 2.29. The molecule has 4 heteroatoms. The highest BCUT2D eigenvalue weighted by Crippen LogP contribution is 2.23. The molecule has 0 bridgehead atoms. The number of rotatable bonds is 2. The van der Waals surface area contributed by atoms with Gasteiger partial charge in [0.2, 0.25) is 0 Å². The molecule has 0 radical (unpaired) electrons. The van der Waals surface area contributed by atoms with E-state index in [1.807, 2.05) is 6.92 Å². The molecular weight excluding hydrogens is 234 g/mol. The highest BCUT2D eigenvalue weighted by molar-refractivity contribution is 9.10. The number of hydrogen-bond acceptors (Lipinski definition) is 2. The van der Waals surface area contributed by atoms with Gasteiger partial charge in [0.25, 0.3) is 0 Å². The Hall–Kier alpha value is -0.870. The summed E-state index contributed by atoms with van der Waals surface area (Å²) in [5.74, 6) is -0.933. The van der Waals surface area contributed by atoms with Gasteiger partial charge >= 0.3 is 5.97 Å². The van der Waals surface area contributed by atoms with Crippen LogP contribution in [0, 0.1) is 0 Å². The molecule has 3 nitrogen and oxygen atoms in total. The van der Waals surface area contributed by atoms with Crippen LogP contribution in [-0.2, 0) is 0 Å². The first-order chi connectivity index (χ1) is 6.02. The van der Waals surface area contributed by atoms with E-state index in [1.165, 1.54) is 0 Å². The molecule has 0 aliphatic heterocycles. The van der Waals surface area contributed by atoms with Crippen LogP contribution in [0.1, 0.15) is 28.9 Å². The van der Waals surface area contributed by atoms with Crippen LogP contribution in [0.25, 0.3) is 0 Å². The molecule has 0 heterocycles. The van der Waals surface area contributed by atoms with Crippen molar-refractivity contribution in [3.05, 3.63) is 33.8 Å². The van der Waals surface area contributed by atoms with Crippen molar-refractivity contribution in [1.82, 2.24) is 0 Å². The summed E-state index contributed by atoms with van der Waals surface area (Å²) >= 11 is 3.27. The molecule has 0 unspecified atom stereocenters. The van der Waals surface area contributed by atoms with E-state index in [0.717, 1.165) is 10.0 Å². The summed E-state index contributed by atoms with van der Waals surface area (Å²) < 4.78 is 0.738. The molecule has 0 saturated carbocycles. The maximum absolute atomic E-state index is 10.6. The Kier molecular flexibility index (Phi) is 3.06. The molecule has 0 aliphatic rings. The Balaban J connectivity index is 3.13. The topological polar surface area (TPSA) is 63.3 Å². The maximum atomic E-state index is 10.6. The normalized spacial score (nSPS) is 12.5. The van der Waals surface area contributed by atoms with Crippen molar-refractivity contribution in [2.75, 3.05) is 0 Å². The van der Waals surface area contributed by atoms with E-state index < -0.39 is 5.97 Å². The van der Waals surface area contributed by atoms with Gasteiger partial charge in [0, 0.05) is 10.5 Å². The highest BCUT2D eigenvalue weighted by atomic mass is 79.9. The first-order valence-electron chi connectivity index (χ1n) is 3.80. The molecule has 0 fully saturated rings. The fraction of sp³-hybridized carbons (Fsp3) is 0.222.